The molecule has 74 valence electrons. The highest BCUT2D eigenvalue weighted by atomic mass is 19.2. The highest BCUT2D eigenvalue weighted by Crippen LogP contribution is 2.48. The van der Waals surface area contributed by atoms with Gasteiger partial charge in [0.1, 0.15) is 0 Å². The molecule has 0 spiro atoms. The lowest BCUT2D eigenvalue weighted by Crippen LogP contribution is -2.00. The van der Waals surface area contributed by atoms with E-state index in [1.165, 1.54) is 12.1 Å². The molecule has 0 aliphatic heterocycles. The van der Waals surface area contributed by atoms with Crippen LogP contribution >= 0.6 is 0 Å². The maximum atomic E-state index is 13.2. The second-order valence-electron chi connectivity index (χ2n) is 3.43. The van der Waals surface area contributed by atoms with Crippen molar-refractivity contribution in [2.75, 3.05) is 0 Å². The Labute approximate surface area is 79.2 Å². The van der Waals surface area contributed by atoms with Crippen molar-refractivity contribution in [1.82, 2.24) is 0 Å². The van der Waals surface area contributed by atoms with Crippen molar-refractivity contribution in [2.45, 2.75) is 12.3 Å². The first kappa shape index (κ1) is 9.12. The largest absolute Gasteiger partial charge is 0.481 e. The van der Waals surface area contributed by atoms with E-state index < -0.39 is 23.5 Å². The van der Waals surface area contributed by atoms with Crippen LogP contribution in [-0.2, 0) is 4.79 Å². The Bertz CT molecular complexity index is 390. The summed E-state index contributed by atoms with van der Waals surface area (Å²) in [7, 11) is 0. The standard InChI is InChI=1S/C10H8F2O2/c11-8-3-1-2-5(9(8)12)6-4-7(6)10(13)14/h1-3,6-7H,4H2,(H,13,14)/t6-,7+/m1/s1. The van der Waals surface area contributed by atoms with Crippen molar-refractivity contribution in [3.63, 3.8) is 0 Å². The third-order valence-electron chi connectivity index (χ3n) is 2.49. The van der Waals surface area contributed by atoms with Gasteiger partial charge in [0.25, 0.3) is 0 Å². The number of rotatable bonds is 2. The molecule has 1 aliphatic rings. The van der Waals surface area contributed by atoms with Gasteiger partial charge in [-0.1, -0.05) is 12.1 Å². The van der Waals surface area contributed by atoms with Crippen LogP contribution in [0.3, 0.4) is 0 Å². The topological polar surface area (TPSA) is 37.3 Å². The number of hydrogen-bond acceptors (Lipinski definition) is 1. The molecule has 1 fully saturated rings. The zero-order valence-corrected chi connectivity index (χ0v) is 7.21. The summed E-state index contributed by atoms with van der Waals surface area (Å²) >= 11 is 0. The minimum atomic E-state index is -0.946. The van der Waals surface area contributed by atoms with Crippen molar-refractivity contribution in [2.24, 2.45) is 5.92 Å². The van der Waals surface area contributed by atoms with Crippen LogP contribution in [0.1, 0.15) is 17.9 Å². The Hall–Kier alpha value is -1.45. The molecule has 0 aromatic heterocycles. The molecule has 0 unspecified atom stereocenters. The van der Waals surface area contributed by atoms with E-state index in [9.17, 15) is 13.6 Å². The molecule has 1 aliphatic carbocycles. The zero-order chi connectivity index (χ0) is 10.3. The lowest BCUT2D eigenvalue weighted by molar-refractivity contribution is -0.138. The molecule has 1 aromatic rings. The van der Waals surface area contributed by atoms with Crippen molar-refractivity contribution < 1.29 is 18.7 Å². The van der Waals surface area contributed by atoms with Gasteiger partial charge >= 0.3 is 5.97 Å². The predicted molar refractivity (Wildman–Crippen MR) is 44.8 cm³/mol. The van der Waals surface area contributed by atoms with Gasteiger partial charge < -0.3 is 5.11 Å². The summed E-state index contributed by atoms with van der Waals surface area (Å²) < 4.78 is 25.9. The van der Waals surface area contributed by atoms with Crippen molar-refractivity contribution in [3.05, 3.63) is 35.4 Å². The van der Waals surface area contributed by atoms with E-state index >= 15 is 0 Å². The summed E-state index contributed by atoms with van der Waals surface area (Å²) in [6, 6.07) is 3.86. The molecule has 0 heterocycles. The molecule has 14 heavy (non-hydrogen) atoms. The first-order chi connectivity index (χ1) is 6.61. The van der Waals surface area contributed by atoms with Crippen LogP contribution in [0.4, 0.5) is 8.78 Å². The molecule has 1 N–H and O–H groups in total. The fourth-order valence-corrected chi connectivity index (χ4v) is 1.62. The summed E-state index contributed by atoms with van der Waals surface area (Å²) in [5, 5.41) is 8.63. The van der Waals surface area contributed by atoms with Crippen LogP contribution in [-0.4, -0.2) is 11.1 Å². The maximum Gasteiger partial charge on any atom is 0.307 e. The number of hydrogen-bond donors (Lipinski definition) is 1. The third-order valence-corrected chi connectivity index (χ3v) is 2.49. The van der Waals surface area contributed by atoms with Crippen molar-refractivity contribution >= 4 is 5.97 Å². The van der Waals surface area contributed by atoms with Crippen LogP contribution in [0, 0.1) is 17.6 Å². The second kappa shape index (κ2) is 3.04. The molecular formula is C10H8F2O2. The van der Waals surface area contributed by atoms with Gasteiger partial charge in [0.2, 0.25) is 0 Å². The predicted octanol–water partition coefficient (Wildman–Crippen LogP) is 2.15. The lowest BCUT2D eigenvalue weighted by Gasteiger charge is -2.01. The van der Waals surface area contributed by atoms with Gasteiger partial charge in [-0.05, 0) is 18.1 Å². The smallest absolute Gasteiger partial charge is 0.307 e. The number of halogens is 2. The van der Waals surface area contributed by atoms with Gasteiger partial charge in [-0.15, -0.1) is 0 Å². The molecule has 4 heteroatoms. The third kappa shape index (κ3) is 1.36. The molecule has 2 nitrogen and oxygen atoms in total. The van der Waals surface area contributed by atoms with E-state index in [0.29, 0.717) is 6.42 Å². The number of aliphatic carboxylic acids is 1. The lowest BCUT2D eigenvalue weighted by atomic mass is 10.1. The van der Waals surface area contributed by atoms with E-state index in [1.54, 1.807) is 0 Å². The van der Waals surface area contributed by atoms with E-state index in [4.69, 9.17) is 5.11 Å². The van der Waals surface area contributed by atoms with Crippen LogP contribution in [0.2, 0.25) is 0 Å². The first-order valence-corrected chi connectivity index (χ1v) is 4.28. The minimum Gasteiger partial charge on any atom is -0.481 e. The highest BCUT2D eigenvalue weighted by Gasteiger charge is 2.45. The Morgan fingerprint density at radius 3 is 2.71 bits per heavy atom. The maximum absolute atomic E-state index is 13.2. The zero-order valence-electron chi connectivity index (χ0n) is 7.21. The Kier molecular flexibility index (Phi) is 1.98. The minimum absolute atomic E-state index is 0.178. The van der Waals surface area contributed by atoms with Gasteiger partial charge in [-0.2, -0.15) is 0 Å². The molecule has 1 aromatic carbocycles. The molecule has 1 saturated carbocycles. The average molecular weight is 198 g/mol. The van der Waals surface area contributed by atoms with Crippen LogP contribution < -0.4 is 0 Å². The van der Waals surface area contributed by atoms with Gasteiger partial charge in [0.05, 0.1) is 5.92 Å². The SMILES string of the molecule is O=C(O)[C@H]1C[C@@H]1c1cccc(F)c1F. The van der Waals surface area contributed by atoms with Crippen LogP contribution in [0.5, 0.6) is 0 Å². The fraction of sp³-hybridized carbons (Fsp3) is 0.300. The number of carboxylic acid groups (broad SMARTS) is 1. The van der Waals surface area contributed by atoms with Gasteiger partial charge in [0.15, 0.2) is 11.6 Å². The molecule has 0 saturated heterocycles. The van der Waals surface area contributed by atoms with E-state index in [0.717, 1.165) is 6.07 Å². The van der Waals surface area contributed by atoms with E-state index in [2.05, 4.69) is 0 Å². The normalized spacial score (nSPS) is 24.7. The molecule has 2 rings (SSSR count). The highest BCUT2D eigenvalue weighted by molar-refractivity contribution is 5.75. The molecule has 2 atom stereocenters. The van der Waals surface area contributed by atoms with Crippen molar-refractivity contribution in [3.8, 4) is 0 Å². The fourth-order valence-electron chi connectivity index (χ4n) is 1.62. The van der Waals surface area contributed by atoms with E-state index in [1.807, 2.05) is 0 Å². The Balaban J connectivity index is 2.27. The quantitative estimate of drug-likeness (QED) is 0.790. The monoisotopic (exact) mass is 198 g/mol. The summed E-state index contributed by atoms with van der Waals surface area (Å²) in [5.41, 5.74) is 0.178. The summed E-state index contributed by atoms with van der Waals surface area (Å²) in [5.74, 6) is -3.69. The summed E-state index contributed by atoms with van der Waals surface area (Å²) in [6.45, 7) is 0. The van der Waals surface area contributed by atoms with Crippen LogP contribution in [0.15, 0.2) is 18.2 Å². The van der Waals surface area contributed by atoms with Gasteiger partial charge in [-0.3, -0.25) is 4.79 Å². The Morgan fingerprint density at radius 1 is 1.43 bits per heavy atom. The van der Waals surface area contributed by atoms with Crippen LogP contribution in [0.25, 0.3) is 0 Å². The molecule has 0 radical (unpaired) electrons. The molecule has 0 bridgehead atoms. The summed E-state index contributed by atoms with van der Waals surface area (Å²) in [6.07, 6.45) is 0.399. The molecule has 0 amide bonds. The number of carbonyl (C=O) groups is 1. The number of benzene rings is 1. The van der Waals surface area contributed by atoms with Gasteiger partial charge in [0, 0.05) is 5.92 Å². The first-order valence-electron chi connectivity index (χ1n) is 4.28. The number of carboxylic acids is 1. The molecular weight excluding hydrogens is 190 g/mol. The average Bonchev–Trinajstić information content (AvgIpc) is 2.89. The van der Waals surface area contributed by atoms with Gasteiger partial charge in [-0.25, -0.2) is 8.78 Å². The van der Waals surface area contributed by atoms with E-state index in [-0.39, 0.29) is 11.5 Å². The second-order valence-corrected chi connectivity index (χ2v) is 3.43. The Morgan fingerprint density at radius 2 is 2.14 bits per heavy atom. The summed E-state index contributed by atoms with van der Waals surface area (Å²) in [4.78, 5) is 10.5. The van der Waals surface area contributed by atoms with Crippen molar-refractivity contribution in [1.29, 1.82) is 0 Å².